The summed E-state index contributed by atoms with van der Waals surface area (Å²) in [4.78, 5) is 2.44. The summed E-state index contributed by atoms with van der Waals surface area (Å²) in [5.41, 5.74) is 0.316. The van der Waals surface area contributed by atoms with Gasteiger partial charge in [0.15, 0.2) is 0 Å². The van der Waals surface area contributed by atoms with Crippen molar-refractivity contribution in [3.63, 3.8) is 0 Å². The van der Waals surface area contributed by atoms with E-state index < -0.39 is 0 Å². The molecule has 0 aliphatic carbocycles. The third-order valence-electron chi connectivity index (χ3n) is 5.21. The second-order valence-electron chi connectivity index (χ2n) is 6.46. The maximum atomic E-state index is 3.60. The quantitative estimate of drug-likeness (QED) is 0.487. The zero-order valence-corrected chi connectivity index (χ0v) is 15.1. The van der Waals surface area contributed by atoms with Crippen molar-refractivity contribution in [3.05, 3.63) is 0 Å². The smallest absolute Gasteiger partial charge is 0.0351 e. The Hall–Kier alpha value is -0.0800. The SMILES string of the molecule is CCCCCCCCCC(NC)C(CC)(CC)N(C)C. The van der Waals surface area contributed by atoms with Gasteiger partial charge >= 0.3 is 0 Å². The van der Waals surface area contributed by atoms with Crippen molar-refractivity contribution in [2.24, 2.45) is 0 Å². The highest BCUT2D eigenvalue weighted by molar-refractivity contribution is 4.96. The average Bonchev–Trinajstić information content (AvgIpc) is 2.45. The van der Waals surface area contributed by atoms with Crippen LogP contribution in [0.3, 0.4) is 0 Å². The van der Waals surface area contributed by atoms with Crippen LogP contribution >= 0.6 is 0 Å². The Morgan fingerprint density at radius 2 is 1.35 bits per heavy atom. The molecule has 0 amide bonds. The number of nitrogens with one attached hydrogen (secondary N) is 1. The third kappa shape index (κ3) is 6.13. The van der Waals surface area contributed by atoms with Crippen LogP contribution in [-0.2, 0) is 0 Å². The van der Waals surface area contributed by atoms with Crippen LogP contribution < -0.4 is 5.32 Å². The fraction of sp³-hybridized carbons (Fsp3) is 1.00. The molecule has 0 rings (SSSR count). The molecule has 0 fully saturated rings. The lowest BCUT2D eigenvalue weighted by atomic mass is 9.80. The van der Waals surface area contributed by atoms with E-state index in [-0.39, 0.29) is 0 Å². The normalized spacial score (nSPS) is 13.9. The van der Waals surface area contributed by atoms with Crippen molar-refractivity contribution in [2.45, 2.75) is 96.6 Å². The van der Waals surface area contributed by atoms with Crippen molar-refractivity contribution in [1.82, 2.24) is 10.2 Å². The van der Waals surface area contributed by atoms with E-state index in [1.54, 1.807) is 0 Å². The first kappa shape index (κ1) is 19.9. The van der Waals surface area contributed by atoms with Gasteiger partial charge in [-0.2, -0.15) is 0 Å². The Morgan fingerprint density at radius 1 is 0.850 bits per heavy atom. The second-order valence-corrected chi connectivity index (χ2v) is 6.46. The first-order chi connectivity index (χ1) is 9.58. The summed E-state index contributed by atoms with van der Waals surface area (Å²) in [6.07, 6.45) is 13.6. The van der Waals surface area contributed by atoms with Crippen LogP contribution in [0.2, 0.25) is 0 Å². The summed E-state index contributed by atoms with van der Waals surface area (Å²) in [5, 5.41) is 3.60. The highest BCUT2D eigenvalue weighted by Gasteiger charge is 2.36. The minimum Gasteiger partial charge on any atom is -0.315 e. The van der Waals surface area contributed by atoms with E-state index in [0.717, 1.165) is 0 Å². The van der Waals surface area contributed by atoms with Gasteiger partial charge in [-0.25, -0.2) is 0 Å². The van der Waals surface area contributed by atoms with Crippen molar-refractivity contribution in [3.8, 4) is 0 Å². The molecule has 0 aliphatic heterocycles. The number of rotatable bonds is 13. The van der Waals surface area contributed by atoms with E-state index >= 15 is 0 Å². The molecule has 1 N–H and O–H groups in total. The van der Waals surface area contributed by atoms with Crippen LogP contribution in [0.1, 0.15) is 85.0 Å². The average molecular weight is 285 g/mol. The molecule has 20 heavy (non-hydrogen) atoms. The molecule has 122 valence electrons. The molecule has 1 unspecified atom stereocenters. The van der Waals surface area contributed by atoms with E-state index in [0.29, 0.717) is 11.6 Å². The lowest BCUT2D eigenvalue weighted by molar-refractivity contribution is 0.0864. The van der Waals surface area contributed by atoms with Gasteiger partial charge in [0, 0.05) is 11.6 Å². The molecule has 0 radical (unpaired) electrons. The fourth-order valence-electron chi connectivity index (χ4n) is 3.67. The summed E-state index contributed by atoms with van der Waals surface area (Å²) < 4.78 is 0. The van der Waals surface area contributed by atoms with E-state index in [9.17, 15) is 0 Å². The largest absolute Gasteiger partial charge is 0.315 e. The fourth-order valence-corrected chi connectivity index (χ4v) is 3.67. The van der Waals surface area contributed by atoms with Crippen molar-refractivity contribution in [2.75, 3.05) is 21.1 Å². The minimum atomic E-state index is 0.316. The maximum Gasteiger partial charge on any atom is 0.0351 e. The first-order valence-corrected chi connectivity index (χ1v) is 8.93. The van der Waals surface area contributed by atoms with Gasteiger partial charge in [-0.3, -0.25) is 0 Å². The Balaban J connectivity index is 4.13. The highest BCUT2D eigenvalue weighted by Crippen LogP contribution is 2.28. The number of likely N-dealkylation sites (N-methyl/N-ethyl adjacent to an activating group) is 2. The summed E-state index contributed by atoms with van der Waals surface area (Å²) in [6, 6.07) is 0.614. The Kier molecular flexibility index (Phi) is 11.5. The third-order valence-corrected chi connectivity index (χ3v) is 5.21. The lowest BCUT2D eigenvalue weighted by Crippen LogP contribution is -2.57. The molecule has 0 saturated heterocycles. The van der Waals surface area contributed by atoms with Crippen LogP contribution in [-0.4, -0.2) is 37.6 Å². The molecule has 2 nitrogen and oxygen atoms in total. The van der Waals surface area contributed by atoms with Gasteiger partial charge in [0.1, 0.15) is 0 Å². The Bertz CT molecular complexity index is 209. The van der Waals surface area contributed by atoms with Gasteiger partial charge in [0.05, 0.1) is 0 Å². The zero-order chi connectivity index (χ0) is 15.4. The number of nitrogens with zero attached hydrogens (tertiary/aromatic N) is 1. The predicted molar refractivity (Wildman–Crippen MR) is 92.5 cm³/mol. The molecule has 2 heteroatoms. The second kappa shape index (κ2) is 11.6. The topological polar surface area (TPSA) is 15.3 Å². The molecular formula is C18H40N2. The Morgan fingerprint density at radius 3 is 1.75 bits per heavy atom. The molecule has 0 spiro atoms. The van der Waals surface area contributed by atoms with Crippen molar-refractivity contribution in [1.29, 1.82) is 0 Å². The van der Waals surface area contributed by atoms with Crippen molar-refractivity contribution < 1.29 is 0 Å². The van der Waals surface area contributed by atoms with Gasteiger partial charge in [0.25, 0.3) is 0 Å². The van der Waals surface area contributed by atoms with Crippen LogP contribution in [0.4, 0.5) is 0 Å². The summed E-state index contributed by atoms with van der Waals surface area (Å²) in [6.45, 7) is 6.95. The maximum absolute atomic E-state index is 3.60. The molecule has 0 aliphatic rings. The van der Waals surface area contributed by atoms with Gasteiger partial charge < -0.3 is 10.2 Å². The molecule has 0 aromatic heterocycles. The van der Waals surface area contributed by atoms with E-state index in [4.69, 9.17) is 0 Å². The van der Waals surface area contributed by atoms with E-state index in [2.05, 4.69) is 52.1 Å². The van der Waals surface area contributed by atoms with Gasteiger partial charge in [-0.1, -0.05) is 65.7 Å². The molecule has 0 aromatic rings. The molecule has 0 saturated carbocycles. The van der Waals surface area contributed by atoms with Crippen LogP contribution in [0.15, 0.2) is 0 Å². The molecular weight excluding hydrogens is 244 g/mol. The highest BCUT2D eigenvalue weighted by atomic mass is 15.2. The van der Waals surface area contributed by atoms with E-state index in [1.165, 1.54) is 64.2 Å². The van der Waals surface area contributed by atoms with Crippen LogP contribution in [0.5, 0.6) is 0 Å². The zero-order valence-electron chi connectivity index (χ0n) is 15.1. The van der Waals surface area contributed by atoms with Crippen LogP contribution in [0.25, 0.3) is 0 Å². The van der Waals surface area contributed by atoms with Gasteiger partial charge in [-0.15, -0.1) is 0 Å². The molecule has 0 heterocycles. The van der Waals surface area contributed by atoms with E-state index in [1.807, 2.05) is 0 Å². The lowest BCUT2D eigenvalue weighted by Gasteiger charge is -2.45. The van der Waals surface area contributed by atoms with Crippen molar-refractivity contribution >= 4 is 0 Å². The summed E-state index contributed by atoms with van der Waals surface area (Å²) in [5.74, 6) is 0. The molecule has 0 bridgehead atoms. The van der Waals surface area contributed by atoms with Gasteiger partial charge in [-0.05, 0) is 40.4 Å². The summed E-state index contributed by atoms with van der Waals surface area (Å²) in [7, 11) is 6.61. The minimum absolute atomic E-state index is 0.316. The number of unbranched alkanes of at least 4 members (excludes halogenated alkanes) is 6. The Labute approximate surface area is 128 Å². The van der Waals surface area contributed by atoms with Gasteiger partial charge in [0.2, 0.25) is 0 Å². The number of hydrogen-bond donors (Lipinski definition) is 1. The van der Waals surface area contributed by atoms with Crippen LogP contribution in [0, 0.1) is 0 Å². The number of hydrogen-bond acceptors (Lipinski definition) is 2. The summed E-state index contributed by atoms with van der Waals surface area (Å²) >= 11 is 0. The monoisotopic (exact) mass is 284 g/mol. The standard InChI is InChI=1S/C18H40N2/c1-7-10-11-12-13-14-15-16-17(19-4)18(8-2,9-3)20(5)6/h17,19H,7-16H2,1-6H3. The predicted octanol–water partition coefficient (Wildman–Crippen LogP) is 4.84. The molecule has 1 atom stereocenters. The first-order valence-electron chi connectivity index (χ1n) is 8.93. The molecule has 0 aromatic carbocycles.